The van der Waals surface area contributed by atoms with E-state index in [0.29, 0.717) is 35.1 Å². The van der Waals surface area contributed by atoms with Crippen molar-refractivity contribution in [3.8, 4) is 11.3 Å². The van der Waals surface area contributed by atoms with Gasteiger partial charge in [-0.3, -0.25) is 4.68 Å². The maximum atomic E-state index is 13.3. The number of likely N-dealkylation sites (N-methyl/N-ethyl adjacent to an activating group) is 1. The molecular weight excluding hydrogens is 407 g/mol. The molecule has 2 fully saturated rings. The van der Waals surface area contributed by atoms with Gasteiger partial charge in [0.25, 0.3) is 0 Å². The van der Waals surface area contributed by atoms with Gasteiger partial charge >= 0.3 is 6.18 Å². The van der Waals surface area contributed by atoms with Gasteiger partial charge in [-0.2, -0.15) is 18.3 Å². The Labute approximate surface area is 180 Å². The number of pyridine rings is 1. The first-order valence-electron chi connectivity index (χ1n) is 10.7. The number of hydrogen-bond acceptors (Lipinski definition) is 5. The van der Waals surface area contributed by atoms with E-state index in [4.69, 9.17) is 10.5 Å². The molecule has 0 amide bonds. The predicted molar refractivity (Wildman–Crippen MR) is 113 cm³/mol. The van der Waals surface area contributed by atoms with E-state index in [1.54, 1.807) is 7.11 Å². The number of nitrogens with zero attached hydrogens (tertiary/aromatic N) is 4. The van der Waals surface area contributed by atoms with E-state index in [1.165, 1.54) is 6.20 Å². The van der Waals surface area contributed by atoms with E-state index in [2.05, 4.69) is 22.0 Å². The van der Waals surface area contributed by atoms with Crippen LogP contribution in [0.2, 0.25) is 0 Å². The van der Waals surface area contributed by atoms with Gasteiger partial charge in [0.2, 0.25) is 0 Å². The van der Waals surface area contributed by atoms with Crippen molar-refractivity contribution >= 4 is 5.82 Å². The van der Waals surface area contributed by atoms with E-state index in [0.717, 1.165) is 37.8 Å². The number of anilines is 1. The van der Waals surface area contributed by atoms with Gasteiger partial charge < -0.3 is 15.4 Å². The van der Waals surface area contributed by atoms with Crippen molar-refractivity contribution in [3.63, 3.8) is 0 Å². The molecule has 0 unspecified atom stereocenters. The standard InChI is InChI=1S/C22H30F3N5O/c1-12(2)30-19(20-15-8-14(9-16(15)20)29(3)5-6-31-4)10-18(28-30)13-7-17(22(23,24)25)21(26)27-11-13/h7,10-12,14-16,20H,5-6,8-9H2,1-4H3,(H2,26,27)/t14-,15+,16-,20-. The number of aromatic nitrogens is 3. The predicted octanol–water partition coefficient (Wildman–Crippen LogP) is 4.20. The zero-order valence-electron chi connectivity index (χ0n) is 18.4. The molecule has 0 spiro atoms. The number of nitrogens with two attached hydrogens (primary N) is 1. The Morgan fingerprint density at radius 1 is 1.26 bits per heavy atom. The van der Waals surface area contributed by atoms with Crippen LogP contribution in [0.1, 0.15) is 49.9 Å². The third-order valence-electron chi connectivity index (χ3n) is 6.81. The number of ether oxygens (including phenoxy) is 1. The van der Waals surface area contributed by atoms with Crippen LogP contribution in [0.4, 0.5) is 19.0 Å². The SMILES string of the molecule is COCCN(C)[C@H]1C[C@@H]2[C@H](C1)[C@H]2c1cc(-c2cnc(N)c(C(F)(F)F)c2)nn1C(C)C. The van der Waals surface area contributed by atoms with Crippen molar-refractivity contribution in [2.75, 3.05) is 33.0 Å². The molecule has 0 saturated heterocycles. The molecule has 4 rings (SSSR count). The molecule has 31 heavy (non-hydrogen) atoms. The van der Waals surface area contributed by atoms with E-state index in [9.17, 15) is 13.2 Å². The summed E-state index contributed by atoms with van der Waals surface area (Å²) in [7, 11) is 3.86. The average molecular weight is 438 g/mol. The smallest absolute Gasteiger partial charge is 0.383 e. The summed E-state index contributed by atoms with van der Waals surface area (Å²) in [5.41, 5.74) is 6.50. The molecule has 9 heteroatoms. The van der Waals surface area contributed by atoms with E-state index in [1.807, 2.05) is 24.6 Å². The maximum absolute atomic E-state index is 13.3. The van der Waals surface area contributed by atoms with Gasteiger partial charge in [-0.25, -0.2) is 4.98 Å². The number of fused-ring (bicyclic) bond motifs is 1. The van der Waals surface area contributed by atoms with Crippen LogP contribution in [-0.2, 0) is 10.9 Å². The number of methoxy groups -OCH3 is 1. The van der Waals surface area contributed by atoms with Crippen LogP contribution in [0.3, 0.4) is 0 Å². The van der Waals surface area contributed by atoms with E-state index < -0.39 is 17.6 Å². The zero-order valence-corrected chi connectivity index (χ0v) is 18.4. The fourth-order valence-electron chi connectivity index (χ4n) is 5.08. The molecule has 2 aliphatic carbocycles. The second-order valence-electron chi connectivity index (χ2n) is 9.10. The molecule has 0 radical (unpaired) electrons. The summed E-state index contributed by atoms with van der Waals surface area (Å²) in [6.45, 7) is 5.74. The molecule has 2 aromatic rings. The second-order valence-corrected chi connectivity index (χ2v) is 9.10. The lowest BCUT2D eigenvalue weighted by Gasteiger charge is -2.26. The second kappa shape index (κ2) is 8.09. The van der Waals surface area contributed by atoms with Crippen LogP contribution in [0, 0.1) is 11.8 Å². The molecule has 170 valence electrons. The third kappa shape index (κ3) is 4.17. The van der Waals surface area contributed by atoms with Crippen LogP contribution < -0.4 is 5.73 Å². The highest BCUT2D eigenvalue weighted by Crippen LogP contribution is 2.64. The van der Waals surface area contributed by atoms with Crippen molar-refractivity contribution in [2.24, 2.45) is 11.8 Å². The minimum absolute atomic E-state index is 0.120. The first kappa shape index (κ1) is 22.1. The first-order chi connectivity index (χ1) is 14.6. The molecular formula is C22H30F3N5O. The summed E-state index contributed by atoms with van der Waals surface area (Å²) >= 11 is 0. The van der Waals surface area contributed by atoms with Gasteiger partial charge in [0.05, 0.1) is 17.9 Å². The van der Waals surface area contributed by atoms with Gasteiger partial charge in [0.15, 0.2) is 0 Å². The van der Waals surface area contributed by atoms with Crippen molar-refractivity contribution < 1.29 is 17.9 Å². The molecule has 2 aliphatic rings. The summed E-state index contributed by atoms with van der Waals surface area (Å²) in [5.74, 6) is 1.11. The summed E-state index contributed by atoms with van der Waals surface area (Å²) in [5, 5.41) is 4.66. The number of nitrogen functional groups attached to an aromatic ring is 1. The van der Waals surface area contributed by atoms with Crippen LogP contribution in [-0.4, -0.2) is 53.0 Å². The van der Waals surface area contributed by atoms with Crippen molar-refractivity contribution in [1.82, 2.24) is 19.7 Å². The molecule has 0 bridgehead atoms. The fourth-order valence-corrected chi connectivity index (χ4v) is 5.08. The Balaban J connectivity index is 1.56. The maximum Gasteiger partial charge on any atom is 0.419 e. The Morgan fingerprint density at radius 2 is 1.94 bits per heavy atom. The van der Waals surface area contributed by atoms with E-state index >= 15 is 0 Å². The minimum atomic E-state index is -4.55. The molecule has 4 atom stereocenters. The van der Waals surface area contributed by atoms with Gasteiger partial charge in [-0.05, 0) is 57.7 Å². The highest BCUT2D eigenvalue weighted by Gasteiger charge is 2.58. The first-order valence-corrected chi connectivity index (χ1v) is 10.7. The Hall–Kier alpha value is -2.13. The zero-order chi connectivity index (χ0) is 22.5. The highest BCUT2D eigenvalue weighted by atomic mass is 19.4. The summed E-state index contributed by atoms with van der Waals surface area (Å²) in [6.07, 6.45) is -0.907. The lowest BCUT2D eigenvalue weighted by molar-refractivity contribution is -0.137. The minimum Gasteiger partial charge on any atom is -0.383 e. The van der Waals surface area contributed by atoms with Crippen LogP contribution in [0.5, 0.6) is 0 Å². The number of halogens is 3. The third-order valence-corrected chi connectivity index (χ3v) is 6.81. The highest BCUT2D eigenvalue weighted by molar-refractivity contribution is 5.63. The van der Waals surface area contributed by atoms with Gasteiger partial charge in [-0.1, -0.05) is 0 Å². The van der Waals surface area contributed by atoms with Crippen molar-refractivity contribution in [3.05, 3.63) is 29.6 Å². The average Bonchev–Trinajstić information content (AvgIpc) is 3.07. The summed E-state index contributed by atoms with van der Waals surface area (Å²) in [6, 6.07) is 3.68. The molecule has 2 N–H and O–H groups in total. The summed E-state index contributed by atoms with van der Waals surface area (Å²) in [4.78, 5) is 6.14. The molecule has 2 aromatic heterocycles. The van der Waals surface area contributed by atoms with Crippen LogP contribution in [0.15, 0.2) is 18.3 Å². The topological polar surface area (TPSA) is 69.2 Å². The quantitative estimate of drug-likeness (QED) is 0.703. The monoisotopic (exact) mass is 437 g/mol. The van der Waals surface area contributed by atoms with Gasteiger partial charge in [0.1, 0.15) is 5.82 Å². The largest absolute Gasteiger partial charge is 0.419 e. The van der Waals surface area contributed by atoms with Crippen LogP contribution in [0.25, 0.3) is 11.3 Å². The summed E-state index contributed by atoms with van der Waals surface area (Å²) < 4.78 is 47.0. The molecule has 2 heterocycles. The van der Waals surface area contributed by atoms with Gasteiger partial charge in [-0.15, -0.1) is 0 Å². The number of rotatable bonds is 7. The Kier molecular flexibility index (Phi) is 5.76. The lowest BCUT2D eigenvalue weighted by atomic mass is 10.0. The Morgan fingerprint density at radius 3 is 2.52 bits per heavy atom. The molecule has 0 aromatic carbocycles. The lowest BCUT2D eigenvalue weighted by Crippen LogP contribution is -2.33. The van der Waals surface area contributed by atoms with E-state index in [-0.39, 0.29) is 6.04 Å². The molecule has 2 saturated carbocycles. The molecule has 0 aliphatic heterocycles. The number of hydrogen-bond donors (Lipinski definition) is 1. The fraction of sp³-hybridized carbons (Fsp3) is 0.636. The Bertz CT molecular complexity index is 930. The van der Waals surface area contributed by atoms with Gasteiger partial charge in [0, 0.05) is 49.1 Å². The normalized spacial score (nSPS) is 25.5. The van der Waals surface area contributed by atoms with Crippen molar-refractivity contribution in [1.29, 1.82) is 0 Å². The molecule has 6 nitrogen and oxygen atoms in total. The number of alkyl halides is 3. The van der Waals surface area contributed by atoms with Crippen molar-refractivity contribution in [2.45, 2.75) is 50.9 Å². The van der Waals surface area contributed by atoms with Crippen LogP contribution >= 0.6 is 0 Å².